The highest BCUT2D eigenvalue weighted by atomic mass is 15.0. The second-order valence-electron chi connectivity index (χ2n) is 5.18. The Morgan fingerprint density at radius 3 is 2.85 bits per heavy atom. The van der Waals surface area contributed by atoms with E-state index in [1.807, 2.05) is 0 Å². The van der Waals surface area contributed by atoms with Crippen LogP contribution in [0, 0.1) is 5.41 Å². The molecule has 2 atom stereocenters. The lowest BCUT2D eigenvalue weighted by molar-refractivity contribution is 0.300. The standard InChI is InChI=1S/C11H22N2/c1-9-10(4-3-7-12-9)13-8-11(2)5-6-11/h9-10,12-13H,3-8H2,1-2H3. The number of hydrogen-bond donors (Lipinski definition) is 2. The van der Waals surface area contributed by atoms with Crippen molar-refractivity contribution in [2.75, 3.05) is 13.1 Å². The molecule has 0 aromatic carbocycles. The summed E-state index contributed by atoms with van der Waals surface area (Å²) in [5.74, 6) is 0. The van der Waals surface area contributed by atoms with Gasteiger partial charge in [0.25, 0.3) is 0 Å². The van der Waals surface area contributed by atoms with Gasteiger partial charge in [0.1, 0.15) is 0 Å². The summed E-state index contributed by atoms with van der Waals surface area (Å²) in [5.41, 5.74) is 0.650. The molecule has 0 bridgehead atoms. The van der Waals surface area contributed by atoms with Gasteiger partial charge in [0.15, 0.2) is 0 Å². The van der Waals surface area contributed by atoms with Crippen LogP contribution in [0.5, 0.6) is 0 Å². The zero-order chi connectivity index (χ0) is 9.31. The van der Waals surface area contributed by atoms with Gasteiger partial charge in [-0.3, -0.25) is 0 Å². The van der Waals surface area contributed by atoms with Crippen LogP contribution >= 0.6 is 0 Å². The van der Waals surface area contributed by atoms with Crippen molar-refractivity contribution in [1.29, 1.82) is 0 Å². The Bertz CT molecular complexity index is 175. The fourth-order valence-electron chi connectivity index (χ4n) is 2.09. The highest BCUT2D eigenvalue weighted by Gasteiger charge is 2.37. The lowest BCUT2D eigenvalue weighted by Crippen LogP contribution is -2.51. The summed E-state index contributed by atoms with van der Waals surface area (Å²) in [6.07, 6.45) is 5.53. The molecule has 1 heterocycles. The molecule has 1 saturated carbocycles. The molecule has 76 valence electrons. The van der Waals surface area contributed by atoms with E-state index < -0.39 is 0 Å². The van der Waals surface area contributed by atoms with E-state index in [2.05, 4.69) is 24.5 Å². The minimum atomic E-state index is 0.650. The van der Waals surface area contributed by atoms with E-state index >= 15 is 0 Å². The van der Waals surface area contributed by atoms with E-state index in [4.69, 9.17) is 0 Å². The summed E-state index contributed by atoms with van der Waals surface area (Å²) < 4.78 is 0. The van der Waals surface area contributed by atoms with Crippen molar-refractivity contribution >= 4 is 0 Å². The second kappa shape index (κ2) is 3.58. The Morgan fingerprint density at radius 1 is 1.46 bits per heavy atom. The fraction of sp³-hybridized carbons (Fsp3) is 1.00. The van der Waals surface area contributed by atoms with Crippen LogP contribution in [0.25, 0.3) is 0 Å². The molecule has 0 spiro atoms. The van der Waals surface area contributed by atoms with Gasteiger partial charge < -0.3 is 10.6 Å². The lowest BCUT2D eigenvalue weighted by atomic mass is 9.99. The topological polar surface area (TPSA) is 24.1 Å². The smallest absolute Gasteiger partial charge is 0.0219 e. The summed E-state index contributed by atoms with van der Waals surface area (Å²) in [5, 5.41) is 7.24. The van der Waals surface area contributed by atoms with Crippen molar-refractivity contribution in [3.63, 3.8) is 0 Å². The van der Waals surface area contributed by atoms with Crippen molar-refractivity contribution < 1.29 is 0 Å². The molecule has 1 aliphatic carbocycles. The predicted octanol–water partition coefficient (Wildman–Crippen LogP) is 1.52. The maximum Gasteiger partial charge on any atom is 0.0219 e. The molecular formula is C11H22N2. The number of nitrogens with one attached hydrogen (secondary N) is 2. The van der Waals surface area contributed by atoms with Crippen LogP contribution in [0.15, 0.2) is 0 Å². The van der Waals surface area contributed by atoms with Crippen LogP contribution in [0.1, 0.15) is 39.5 Å². The third-order valence-corrected chi connectivity index (χ3v) is 3.66. The maximum atomic E-state index is 3.71. The summed E-state index contributed by atoms with van der Waals surface area (Å²) in [4.78, 5) is 0. The SMILES string of the molecule is CC1NCCCC1NCC1(C)CC1. The van der Waals surface area contributed by atoms with E-state index in [0.717, 1.165) is 0 Å². The molecule has 0 radical (unpaired) electrons. The van der Waals surface area contributed by atoms with Crippen molar-refractivity contribution in [2.45, 2.75) is 51.6 Å². The highest BCUT2D eigenvalue weighted by molar-refractivity contribution is 4.93. The Balaban J connectivity index is 1.73. The Labute approximate surface area is 81.5 Å². The van der Waals surface area contributed by atoms with Gasteiger partial charge in [0, 0.05) is 18.6 Å². The molecule has 13 heavy (non-hydrogen) atoms. The van der Waals surface area contributed by atoms with E-state index in [1.165, 1.54) is 38.8 Å². The minimum Gasteiger partial charge on any atom is -0.313 e. The first kappa shape index (κ1) is 9.47. The van der Waals surface area contributed by atoms with E-state index in [0.29, 0.717) is 17.5 Å². The van der Waals surface area contributed by atoms with Crippen LogP contribution in [-0.2, 0) is 0 Å². The molecule has 2 N–H and O–H groups in total. The van der Waals surface area contributed by atoms with Gasteiger partial charge in [-0.15, -0.1) is 0 Å². The molecule has 0 aromatic heterocycles. The van der Waals surface area contributed by atoms with Crippen molar-refractivity contribution in [2.24, 2.45) is 5.41 Å². The molecule has 0 aromatic rings. The normalized spacial score (nSPS) is 37.4. The molecule has 2 fully saturated rings. The number of rotatable bonds is 3. The fourth-order valence-corrected chi connectivity index (χ4v) is 2.09. The zero-order valence-electron chi connectivity index (χ0n) is 8.90. The van der Waals surface area contributed by atoms with Crippen LogP contribution in [0.3, 0.4) is 0 Å². The Kier molecular flexibility index (Phi) is 2.61. The first-order chi connectivity index (χ1) is 6.20. The molecule has 2 nitrogen and oxygen atoms in total. The molecule has 1 saturated heterocycles. The number of piperidine rings is 1. The average molecular weight is 182 g/mol. The minimum absolute atomic E-state index is 0.650. The predicted molar refractivity (Wildman–Crippen MR) is 55.8 cm³/mol. The Morgan fingerprint density at radius 2 is 2.23 bits per heavy atom. The van der Waals surface area contributed by atoms with Gasteiger partial charge >= 0.3 is 0 Å². The third kappa shape index (κ3) is 2.44. The van der Waals surface area contributed by atoms with Gasteiger partial charge in [-0.1, -0.05) is 6.92 Å². The second-order valence-corrected chi connectivity index (χ2v) is 5.18. The van der Waals surface area contributed by atoms with Gasteiger partial charge in [-0.2, -0.15) is 0 Å². The average Bonchev–Trinajstić information content (AvgIpc) is 2.83. The monoisotopic (exact) mass is 182 g/mol. The van der Waals surface area contributed by atoms with Crippen molar-refractivity contribution in [3.8, 4) is 0 Å². The van der Waals surface area contributed by atoms with Crippen LogP contribution in [0.2, 0.25) is 0 Å². The van der Waals surface area contributed by atoms with E-state index in [9.17, 15) is 0 Å². The van der Waals surface area contributed by atoms with Gasteiger partial charge in [-0.25, -0.2) is 0 Å². The molecule has 2 heteroatoms. The zero-order valence-corrected chi connectivity index (χ0v) is 8.90. The first-order valence-corrected chi connectivity index (χ1v) is 5.66. The van der Waals surface area contributed by atoms with Crippen LogP contribution in [-0.4, -0.2) is 25.2 Å². The van der Waals surface area contributed by atoms with Crippen molar-refractivity contribution in [1.82, 2.24) is 10.6 Å². The van der Waals surface area contributed by atoms with E-state index in [-0.39, 0.29) is 0 Å². The molecule has 2 aliphatic rings. The summed E-state index contributed by atoms with van der Waals surface area (Å²) in [6.45, 7) is 7.12. The van der Waals surface area contributed by atoms with Gasteiger partial charge in [0.2, 0.25) is 0 Å². The maximum absolute atomic E-state index is 3.71. The third-order valence-electron chi connectivity index (χ3n) is 3.66. The Hall–Kier alpha value is -0.0800. The van der Waals surface area contributed by atoms with Crippen molar-refractivity contribution in [3.05, 3.63) is 0 Å². The first-order valence-electron chi connectivity index (χ1n) is 5.66. The van der Waals surface area contributed by atoms with Gasteiger partial charge in [-0.05, 0) is 44.6 Å². The molecule has 2 rings (SSSR count). The summed E-state index contributed by atoms with van der Waals surface area (Å²) in [7, 11) is 0. The lowest BCUT2D eigenvalue weighted by Gasteiger charge is -2.31. The van der Waals surface area contributed by atoms with Crippen LogP contribution in [0.4, 0.5) is 0 Å². The largest absolute Gasteiger partial charge is 0.313 e. The summed E-state index contributed by atoms with van der Waals surface area (Å²) >= 11 is 0. The molecular weight excluding hydrogens is 160 g/mol. The van der Waals surface area contributed by atoms with E-state index in [1.54, 1.807) is 0 Å². The highest BCUT2D eigenvalue weighted by Crippen LogP contribution is 2.44. The molecule has 0 amide bonds. The number of hydrogen-bond acceptors (Lipinski definition) is 2. The molecule has 2 unspecified atom stereocenters. The summed E-state index contributed by atoms with van der Waals surface area (Å²) in [6, 6.07) is 1.38. The van der Waals surface area contributed by atoms with Crippen LogP contribution < -0.4 is 10.6 Å². The molecule has 1 aliphatic heterocycles. The quantitative estimate of drug-likeness (QED) is 0.691. The van der Waals surface area contributed by atoms with Gasteiger partial charge in [0.05, 0.1) is 0 Å².